The predicted octanol–water partition coefficient (Wildman–Crippen LogP) is 0.790. The van der Waals surface area contributed by atoms with E-state index in [1.807, 2.05) is 0 Å². The lowest BCUT2D eigenvalue weighted by Gasteiger charge is -2.35. The number of rotatable bonds is 5. The number of methoxy groups -OCH3 is 1. The van der Waals surface area contributed by atoms with Gasteiger partial charge in [0, 0.05) is 26.7 Å². The van der Waals surface area contributed by atoms with Crippen LogP contribution in [0, 0.1) is 0 Å². The van der Waals surface area contributed by atoms with Crippen LogP contribution < -0.4 is 0 Å². The molecule has 1 aliphatic heterocycles. The van der Waals surface area contributed by atoms with E-state index in [1.54, 1.807) is 12.0 Å². The molecule has 1 unspecified atom stereocenters. The average molecular weight is 256 g/mol. The zero-order chi connectivity index (χ0) is 13.5. The van der Waals surface area contributed by atoms with E-state index in [0.717, 1.165) is 12.8 Å². The number of piperidine rings is 1. The lowest BCUT2D eigenvalue weighted by molar-refractivity contribution is -0.137. The number of nitrogens with zero attached hydrogens (tertiary/aromatic N) is 2. The molecule has 1 heterocycles. The van der Waals surface area contributed by atoms with Crippen molar-refractivity contribution in [3.05, 3.63) is 12.7 Å². The third kappa shape index (κ3) is 4.03. The van der Waals surface area contributed by atoms with Crippen LogP contribution in [-0.4, -0.2) is 66.3 Å². The molecule has 1 rings (SSSR count). The molecule has 1 saturated heterocycles. The van der Waals surface area contributed by atoms with Gasteiger partial charge < -0.3 is 19.6 Å². The summed E-state index contributed by atoms with van der Waals surface area (Å²) >= 11 is 0. The van der Waals surface area contributed by atoms with Crippen molar-refractivity contribution in [2.24, 2.45) is 0 Å². The maximum Gasteiger partial charge on any atom is 0.323 e. The molecule has 0 aromatic carbocycles. The summed E-state index contributed by atoms with van der Waals surface area (Å²) in [6, 6.07) is -0.265. The molecule has 0 spiro atoms. The first kappa shape index (κ1) is 14.5. The molecule has 1 aliphatic rings. The maximum absolute atomic E-state index is 12.2. The fourth-order valence-electron chi connectivity index (χ4n) is 2.03. The molecular weight excluding hydrogens is 236 g/mol. The Kier molecular flexibility index (Phi) is 5.64. The number of carboxylic acids is 1. The molecule has 1 fully saturated rings. The first-order valence-electron chi connectivity index (χ1n) is 5.97. The van der Waals surface area contributed by atoms with Crippen molar-refractivity contribution >= 4 is 12.0 Å². The monoisotopic (exact) mass is 256 g/mol. The summed E-state index contributed by atoms with van der Waals surface area (Å²) in [5.74, 6) is -1.02. The van der Waals surface area contributed by atoms with Crippen LogP contribution in [-0.2, 0) is 9.53 Å². The first-order valence-corrected chi connectivity index (χ1v) is 5.97. The van der Waals surface area contributed by atoms with Gasteiger partial charge in [0.05, 0.1) is 6.10 Å². The molecule has 18 heavy (non-hydrogen) atoms. The van der Waals surface area contributed by atoms with Crippen molar-refractivity contribution in [3.63, 3.8) is 0 Å². The van der Waals surface area contributed by atoms with Gasteiger partial charge in [-0.1, -0.05) is 6.08 Å². The Balaban J connectivity index is 2.63. The van der Waals surface area contributed by atoms with Gasteiger partial charge in [-0.05, 0) is 12.8 Å². The Morgan fingerprint density at radius 1 is 1.61 bits per heavy atom. The fourth-order valence-corrected chi connectivity index (χ4v) is 2.03. The Bertz CT molecular complexity index is 319. The SMILES string of the molecule is C=CCN(CC(=O)O)C(=O)N1CCCC(OC)C1. The van der Waals surface area contributed by atoms with E-state index in [1.165, 1.54) is 11.0 Å². The molecule has 2 amide bonds. The highest BCUT2D eigenvalue weighted by molar-refractivity contribution is 5.80. The Morgan fingerprint density at radius 3 is 2.89 bits per heavy atom. The van der Waals surface area contributed by atoms with Crippen molar-refractivity contribution in [3.8, 4) is 0 Å². The number of carbonyl (C=O) groups excluding carboxylic acids is 1. The van der Waals surface area contributed by atoms with Crippen LogP contribution in [0.1, 0.15) is 12.8 Å². The summed E-state index contributed by atoms with van der Waals surface area (Å²) < 4.78 is 5.24. The van der Waals surface area contributed by atoms with E-state index in [4.69, 9.17) is 9.84 Å². The first-order chi connectivity index (χ1) is 8.58. The molecule has 0 aromatic heterocycles. The maximum atomic E-state index is 12.2. The second kappa shape index (κ2) is 7.00. The Morgan fingerprint density at radius 2 is 2.33 bits per heavy atom. The van der Waals surface area contributed by atoms with Crippen LogP contribution >= 0.6 is 0 Å². The van der Waals surface area contributed by atoms with Gasteiger partial charge >= 0.3 is 12.0 Å². The molecule has 6 heteroatoms. The lowest BCUT2D eigenvalue weighted by Crippen LogP contribution is -2.50. The normalized spacial score (nSPS) is 19.4. The van der Waals surface area contributed by atoms with Crippen molar-refractivity contribution in [2.45, 2.75) is 18.9 Å². The minimum Gasteiger partial charge on any atom is -0.480 e. The number of amides is 2. The van der Waals surface area contributed by atoms with E-state index < -0.39 is 5.97 Å². The van der Waals surface area contributed by atoms with Crippen molar-refractivity contribution in [1.29, 1.82) is 0 Å². The number of hydrogen-bond donors (Lipinski definition) is 1. The molecule has 0 aromatic rings. The minimum absolute atomic E-state index is 0.0399. The lowest BCUT2D eigenvalue weighted by atomic mass is 10.1. The van der Waals surface area contributed by atoms with Crippen LogP contribution in [0.5, 0.6) is 0 Å². The number of hydrogen-bond acceptors (Lipinski definition) is 3. The summed E-state index contributed by atoms with van der Waals surface area (Å²) in [6.45, 7) is 4.63. The number of carboxylic acid groups (broad SMARTS) is 1. The van der Waals surface area contributed by atoms with E-state index in [-0.39, 0.29) is 25.2 Å². The second-order valence-corrected chi connectivity index (χ2v) is 4.29. The third-order valence-electron chi connectivity index (χ3n) is 2.93. The summed E-state index contributed by atoms with van der Waals surface area (Å²) in [7, 11) is 1.62. The summed E-state index contributed by atoms with van der Waals surface area (Å²) in [4.78, 5) is 25.8. The van der Waals surface area contributed by atoms with Crippen LogP contribution in [0.3, 0.4) is 0 Å². The van der Waals surface area contributed by atoms with Gasteiger partial charge in [-0.15, -0.1) is 6.58 Å². The number of likely N-dealkylation sites (tertiary alicyclic amines) is 1. The summed E-state index contributed by atoms with van der Waals surface area (Å²) in [5.41, 5.74) is 0. The molecule has 1 atom stereocenters. The fraction of sp³-hybridized carbons (Fsp3) is 0.667. The highest BCUT2D eigenvalue weighted by Crippen LogP contribution is 2.14. The smallest absolute Gasteiger partial charge is 0.323 e. The molecule has 102 valence electrons. The topological polar surface area (TPSA) is 70.1 Å². The molecule has 6 nitrogen and oxygen atoms in total. The van der Waals surface area contributed by atoms with Gasteiger partial charge in [-0.25, -0.2) is 4.79 Å². The molecule has 0 radical (unpaired) electrons. The minimum atomic E-state index is -1.02. The molecule has 1 N–H and O–H groups in total. The number of carbonyl (C=O) groups is 2. The van der Waals surface area contributed by atoms with Gasteiger partial charge in [0.25, 0.3) is 0 Å². The standard InChI is InChI=1S/C12H20N2O4/c1-3-6-13(9-11(15)16)12(17)14-7-4-5-10(8-14)18-2/h3,10H,1,4-9H2,2H3,(H,15,16). The van der Waals surface area contributed by atoms with E-state index in [0.29, 0.717) is 13.1 Å². The van der Waals surface area contributed by atoms with Crippen LogP contribution in [0.4, 0.5) is 4.79 Å². The van der Waals surface area contributed by atoms with Crippen LogP contribution in [0.25, 0.3) is 0 Å². The molecule has 0 saturated carbocycles. The van der Waals surface area contributed by atoms with Gasteiger partial charge in [-0.2, -0.15) is 0 Å². The zero-order valence-electron chi connectivity index (χ0n) is 10.7. The molecule has 0 aliphatic carbocycles. The quantitative estimate of drug-likeness (QED) is 0.738. The highest BCUT2D eigenvalue weighted by Gasteiger charge is 2.27. The van der Waals surface area contributed by atoms with E-state index in [9.17, 15) is 9.59 Å². The average Bonchev–Trinajstić information content (AvgIpc) is 2.37. The van der Waals surface area contributed by atoms with Crippen LogP contribution in [0.2, 0.25) is 0 Å². The Labute approximate surface area is 107 Å². The van der Waals surface area contributed by atoms with Gasteiger partial charge in [0.1, 0.15) is 6.54 Å². The third-order valence-corrected chi connectivity index (χ3v) is 2.93. The predicted molar refractivity (Wildman–Crippen MR) is 66.4 cm³/mol. The van der Waals surface area contributed by atoms with Crippen molar-refractivity contribution in [2.75, 3.05) is 33.3 Å². The molecule has 0 bridgehead atoms. The zero-order valence-corrected chi connectivity index (χ0v) is 10.7. The largest absolute Gasteiger partial charge is 0.480 e. The number of ether oxygens (including phenoxy) is 1. The van der Waals surface area contributed by atoms with Crippen molar-refractivity contribution in [1.82, 2.24) is 9.80 Å². The number of aliphatic carboxylic acids is 1. The van der Waals surface area contributed by atoms with Gasteiger partial charge in [0.2, 0.25) is 0 Å². The summed E-state index contributed by atoms with van der Waals surface area (Å²) in [6.07, 6.45) is 3.37. The highest BCUT2D eigenvalue weighted by atomic mass is 16.5. The van der Waals surface area contributed by atoms with Crippen LogP contribution in [0.15, 0.2) is 12.7 Å². The number of urea groups is 1. The summed E-state index contributed by atoms with van der Waals surface area (Å²) in [5, 5.41) is 8.78. The van der Waals surface area contributed by atoms with Gasteiger partial charge in [0.15, 0.2) is 0 Å². The molecular formula is C12H20N2O4. The van der Waals surface area contributed by atoms with Gasteiger partial charge in [-0.3, -0.25) is 4.79 Å². The van der Waals surface area contributed by atoms with E-state index >= 15 is 0 Å². The second-order valence-electron chi connectivity index (χ2n) is 4.29. The van der Waals surface area contributed by atoms with Crippen molar-refractivity contribution < 1.29 is 19.4 Å². The Hall–Kier alpha value is -1.56. The van der Waals surface area contributed by atoms with E-state index in [2.05, 4.69) is 6.58 Å².